The summed E-state index contributed by atoms with van der Waals surface area (Å²) in [6.07, 6.45) is 3.22. The van der Waals surface area contributed by atoms with Crippen molar-refractivity contribution in [1.29, 1.82) is 0 Å². The van der Waals surface area contributed by atoms with Gasteiger partial charge in [0.2, 0.25) is 0 Å². The molecule has 6 nitrogen and oxygen atoms in total. The molecule has 0 spiro atoms. The third-order valence-corrected chi connectivity index (χ3v) is 5.58. The summed E-state index contributed by atoms with van der Waals surface area (Å²) in [6.45, 7) is 6.99. The normalized spacial score (nSPS) is 15.6. The second kappa shape index (κ2) is 8.60. The van der Waals surface area contributed by atoms with E-state index in [-0.39, 0.29) is 5.91 Å². The number of carbonyl (C=O) groups excluding carboxylic acids is 1. The number of amides is 1. The lowest BCUT2D eigenvalue weighted by molar-refractivity contribution is 0.0383. The molecule has 0 bridgehead atoms. The molecule has 136 valence electrons. The lowest BCUT2D eigenvalue weighted by atomic mass is 10.1. The van der Waals surface area contributed by atoms with Gasteiger partial charge in [-0.1, -0.05) is 13.3 Å². The molecule has 0 unspecified atom stereocenters. The molecule has 3 rings (SSSR count). The first-order valence-corrected chi connectivity index (χ1v) is 9.77. The molecule has 3 N–H and O–H groups in total. The van der Waals surface area contributed by atoms with E-state index in [0.717, 1.165) is 68.0 Å². The molecule has 1 aliphatic heterocycles. The molecule has 2 aromatic rings. The van der Waals surface area contributed by atoms with Gasteiger partial charge in [0.1, 0.15) is 9.71 Å². The summed E-state index contributed by atoms with van der Waals surface area (Å²) >= 11 is 1.38. The number of anilines is 1. The van der Waals surface area contributed by atoms with E-state index in [9.17, 15) is 4.79 Å². The number of nitrogens with zero attached hydrogens (tertiary/aromatic N) is 2. The van der Waals surface area contributed by atoms with Gasteiger partial charge in [-0.2, -0.15) is 0 Å². The van der Waals surface area contributed by atoms with Crippen molar-refractivity contribution < 1.29 is 9.53 Å². The number of morpholine rings is 1. The third kappa shape index (κ3) is 4.48. The molecular weight excluding hydrogens is 336 g/mol. The Hall–Kier alpha value is -1.70. The fraction of sp³-hybridized carbons (Fsp3) is 0.556. The van der Waals surface area contributed by atoms with Crippen molar-refractivity contribution in [3.05, 3.63) is 22.7 Å². The van der Waals surface area contributed by atoms with E-state index in [0.29, 0.717) is 17.1 Å². The fourth-order valence-electron chi connectivity index (χ4n) is 2.93. The van der Waals surface area contributed by atoms with E-state index >= 15 is 0 Å². The minimum Gasteiger partial charge on any atom is -0.397 e. The van der Waals surface area contributed by atoms with Crippen LogP contribution in [-0.4, -0.2) is 55.2 Å². The van der Waals surface area contributed by atoms with E-state index < -0.39 is 0 Å². The van der Waals surface area contributed by atoms with E-state index in [1.807, 2.05) is 12.1 Å². The Morgan fingerprint density at radius 3 is 2.96 bits per heavy atom. The van der Waals surface area contributed by atoms with Gasteiger partial charge in [0.05, 0.1) is 18.9 Å². The highest BCUT2D eigenvalue weighted by Crippen LogP contribution is 2.32. The summed E-state index contributed by atoms with van der Waals surface area (Å²) in [5, 5.41) is 3.86. The van der Waals surface area contributed by atoms with Gasteiger partial charge in [-0.25, -0.2) is 4.98 Å². The van der Waals surface area contributed by atoms with Crippen LogP contribution in [0.25, 0.3) is 10.2 Å². The van der Waals surface area contributed by atoms with Crippen LogP contribution in [0.3, 0.4) is 0 Å². The maximum Gasteiger partial charge on any atom is 0.263 e. The molecule has 0 radical (unpaired) electrons. The average molecular weight is 362 g/mol. The van der Waals surface area contributed by atoms with Crippen molar-refractivity contribution in [2.75, 3.05) is 45.1 Å². The zero-order valence-electron chi connectivity index (χ0n) is 14.7. The molecule has 1 fully saturated rings. The van der Waals surface area contributed by atoms with Crippen LogP contribution >= 0.6 is 11.3 Å². The summed E-state index contributed by atoms with van der Waals surface area (Å²) in [5.41, 5.74) is 7.79. The number of nitrogens with two attached hydrogens (primary N) is 1. The van der Waals surface area contributed by atoms with Crippen molar-refractivity contribution in [3.8, 4) is 0 Å². The van der Waals surface area contributed by atoms with E-state index in [1.165, 1.54) is 11.3 Å². The van der Waals surface area contributed by atoms with Gasteiger partial charge in [0, 0.05) is 37.3 Å². The number of rotatable bonds is 7. The topological polar surface area (TPSA) is 80.5 Å². The van der Waals surface area contributed by atoms with Gasteiger partial charge >= 0.3 is 0 Å². The van der Waals surface area contributed by atoms with Crippen LogP contribution in [0.2, 0.25) is 0 Å². The van der Waals surface area contributed by atoms with Crippen LogP contribution in [0.5, 0.6) is 0 Å². The van der Waals surface area contributed by atoms with Gasteiger partial charge in [-0.3, -0.25) is 9.69 Å². The monoisotopic (exact) mass is 362 g/mol. The predicted octanol–water partition coefficient (Wildman–Crippen LogP) is 2.28. The molecule has 1 saturated heterocycles. The second-order valence-electron chi connectivity index (χ2n) is 6.31. The lowest BCUT2D eigenvalue weighted by Crippen LogP contribution is -2.41. The minimum absolute atomic E-state index is 0.108. The minimum atomic E-state index is -0.108. The molecule has 0 atom stereocenters. The molecule has 3 heterocycles. The SMILES string of the molecule is CCCCc1ccc2c(N)c(C(=O)NCCN3CCOCC3)sc2n1. The van der Waals surface area contributed by atoms with E-state index in [1.54, 1.807) is 0 Å². The number of unbranched alkanes of at least 4 members (excludes halogenated alkanes) is 1. The number of carbonyl (C=O) groups is 1. The Kier molecular flexibility index (Phi) is 6.23. The quantitative estimate of drug-likeness (QED) is 0.790. The Balaban J connectivity index is 1.63. The summed E-state index contributed by atoms with van der Waals surface area (Å²) in [7, 11) is 0. The number of ether oxygens (including phenoxy) is 1. The summed E-state index contributed by atoms with van der Waals surface area (Å²) in [4.78, 5) is 20.9. The second-order valence-corrected chi connectivity index (χ2v) is 7.31. The number of aryl methyl sites for hydroxylation is 1. The smallest absolute Gasteiger partial charge is 0.263 e. The molecule has 0 saturated carbocycles. The van der Waals surface area contributed by atoms with Crippen LogP contribution in [0.1, 0.15) is 35.1 Å². The zero-order valence-corrected chi connectivity index (χ0v) is 15.5. The lowest BCUT2D eigenvalue weighted by Gasteiger charge is -2.26. The largest absolute Gasteiger partial charge is 0.397 e. The Labute approximate surface area is 152 Å². The standard InChI is InChI=1S/C18H26N4O2S/c1-2-3-4-13-5-6-14-15(19)16(25-18(14)21-13)17(23)20-7-8-22-9-11-24-12-10-22/h5-6H,2-4,7-12,19H2,1H3,(H,20,23). The van der Waals surface area contributed by atoms with Gasteiger partial charge in [-0.15, -0.1) is 11.3 Å². The molecule has 1 amide bonds. The van der Waals surface area contributed by atoms with Crippen LogP contribution in [0.4, 0.5) is 5.69 Å². The van der Waals surface area contributed by atoms with Gasteiger partial charge in [-0.05, 0) is 25.0 Å². The third-order valence-electron chi connectivity index (χ3n) is 4.46. The van der Waals surface area contributed by atoms with Crippen molar-refractivity contribution in [1.82, 2.24) is 15.2 Å². The molecule has 25 heavy (non-hydrogen) atoms. The number of pyridine rings is 1. The number of fused-ring (bicyclic) bond motifs is 1. The number of nitrogen functional groups attached to an aromatic ring is 1. The summed E-state index contributed by atoms with van der Waals surface area (Å²) < 4.78 is 5.33. The van der Waals surface area contributed by atoms with Crippen molar-refractivity contribution in [2.24, 2.45) is 0 Å². The van der Waals surface area contributed by atoms with Crippen molar-refractivity contribution in [2.45, 2.75) is 26.2 Å². The van der Waals surface area contributed by atoms with Crippen molar-refractivity contribution in [3.63, 3.8) is 0 Å². The highest BCUT2D eigenvalue weighted by atomic mass is 32.1. The van der Waals surface area contributed by atoms with Gasteiger partial charge < -0.3 is 15.8 Å². The van der Waals surface area contributed by atoms with Gasteiger partial charge in [0.15, 0.2) is 0 Å². The number of hydrogen-bond donors (Lipinski definition) is 2. The number of thiophene rings is 1. The van der Waals surface area contributed by atoms with Crippen LogP contribution in [-0.2, 0) is 11.2 Å². The number of aromatic nitrogens is 1. The highest BCUT2D eigenvalue weighted by Gasteiger charge is 2.18. The van der Waals surface area contributed by atoms with E-state index in [2.05, 4.69) is 22.1 Å². The first-order valence-electron chi connectivity index (χ1n) is 8.95. The molecule has 1 aliphatic rings. The maximum atomic E-state index is 12.5. The Morgan fingerprint density at radius 1 is 1.40 bits per heavy atom. The van der Waals surface area contributed by atoms with Crippen molar-refractivity contribution >= 4 is 33.1 Å². The summed E-state index contributed by atoms with van der Waals surface area (Å²) in [5.74, 6) is -0.108. The molecule has 2 aromatic heterocycles. The Bertz CT molecular complexity index is 725. The van der Waals surface area contributed by atoms with E-state index in [4.69, 9.17) is 10.5 Å². The number of nitrogens with one attached hydrogen (secondary N) is 1. The molecular formula is C18H26N4O2S. The van der Waals surface area contributed by atoms with Gasteiger partial charge in [0.25, 0.3) is 5.91 Å². The fourth-order valence-corrected chi connectivity index (χ4v) is 3.96. The van der Waals surface area contributed by atoms with Crippen LogP contribution < -0.4 is 11.1 Å². The number of hydrogen-bond acceptors (Lipinski definition) is 6. The average Bonchev–Trinajstić information content (AvgIpc) is 2.97. The van der Waals surface area contributed by atoms with Crippen LogP contribution in [0.15, 0.2) is 12.1 Å². The summed E-state index contributed by atoms with van der Waals surface area (Å²) in [6, 6.07) is 4.00. The first kappa shape index (κ1) is 18.1. The van der Waals surface area contributed by atoms with Crippen LogP contribution in [0, 0.1) is 0 Å². The molecule has 0 aliphatic carbocycles. The highest BCUT2D eigenvalue weighted by molar-refractivity contribution is 7.21. The Morgan fingerprint density at radius 2 is 2.20 bits per heavy atom. The predicted molar refractivity (Wildman–Crippen MR) is 102 cm³/mol. The maximum absolute atomic E-state index is 12.5. The first-order chi connectivity index (χ1) is 12.2. The molecule has 7 heteroatoms. The molecule has 0 aromatic carbocycles. The zero-order chi connectivity index (χ0) is 17.6.